The second-order valence-corrected chi connectivity index (χ2v) is 3.97. The van der Waals surface area contributed by atoms with E-state index in [9.17, 15) is 0 Å². The minimum absolute atomic E-state index is 0.348. The van der Waals surface area contributed by atoms with E-state index in [0.29, 0.717) is 12.4 Å². The van der Waals surface area contributed by atoms with Crippen LogP contribution in [0.4, 0.5) is 0 Å². The molecule has 3 nitrogen and oxygen atoms in total. The third kappa shape index (κ3) is 2.21. The van der Waals surface area contributed by atoms with Gasteiger partial charge in [0.2, 0.25) is 0 Å². The largest absolute Gasteiger partial charge is 0.324 e. The van der Waals surface area contributed by atoms with Crippen LogP contribution in [0.3, 0.4) is 0 Å². The molecule has 0 amide bonds. The highest BCUT2D eigenvalue weighted by molar-refractivity contribution is 6.30. The normalized spacial score (nSPS) is 10.4. The second kappa shape index (κ2) is 4.60. The number of rotatable bonds is 2. The van der Waals surface area contributed by atoms with Gasteiger partial charge >= 0.3 is 0 Å². The van der Waals surface area contributed by atoms with Crippen molar-refractivity contribution in [3.05, 3.63) is 46.9 Å². The summed E-state index contributed by atoms with van der Waals surface area (Å²) in [6.07, 6.45) is 1.79. The van der Waals surface area contributed by atoms with Crippen molar-refractivity contribution in [3.8, 4) is 11.3 Å². The van der Waals surface area contributed by atoms with Gasteiger partial charge in [0.15, 0.2) is 0 Å². The number of aromatic nitrogens is 2. The lowest BCUT2D eigenvalue weighted by molar-refractivity contribution is 0.904. The standard InChI is InChI=1S/C12H12ClN3/c1-8-7-15-11(6-14)16-12(8)9-2-4-10(13)5-3-9/h2-5,7H,6,14H2,1H3. The Balaban J connectivity index is 2.50. The van der Waals surface area contributed by atoms with Gasteiger partial charge in [0, 0.05) is 16.8 Å². The summed E-state index contributed by atoms with van der Waals surface area (Å²) in [6, 6.07) is 7.58. The lowest BCUT2D eigenvalue weighted by Crippen LogP contribution is -2.04. The highest BCUT2D eigenvalue weighted by Gasteiger charge is 2.05. The highest BCUT2D eigenvalue weighted by atomic mass is 35.5. The fraction of sp³-hybridized carbons (Fsp3) is 0.167. The molecule has 0 fully saturated rings. The molecule has 0 radical (unpaired) electrons. The number of nitrogens with zero attached hydrogens (tertiary/aromatic N) is 2. The van der Waals surface area contributed by atoms with Gasteiger partial charge < -0.3 is 5.73 Å². The van der Waals surface area contributed by atoms with Crippen LogP contribution in [0.1, 0.15) is 11.4 Å². The molecule has 0 unspecified atom stereocenters. The lowest BCUT2D eigenvalue weighted by atomic mass is 10.1. The van der Waals surface area contributed by atoms with Crippen LogP contribution in [-0.4, -0.2) is 9.97 Å². The van der Waals surface area contributed by atoms with Gasteiger partial charge in [-0.1, -0.05) is 23.7 Å². The van der Waals surface area contributed by atoms with Gasteiger partial charge in [0.25, 0.3) is 0 Å². The minimum atomic E-state index is 0.348. The molecular formula is C12H12ClN3. The first-order valence-corrected chi connectivity index (χ1v) is 5.37. The van der Waals surface area contributed by atoms with Crippen molar-refractivity contribution in [1.29, 1.82) is 0 Å². The van der Waals surface area contributed by atoms with E-state index in [1.165, 1.54) is 0 Å². The molecule has 1 aromatic carbocycles. The molecular weight excluding hydrogens is 222 g/mol. The Morgan fingerprint density at radius 3 is 2.56 bits per heavy atom. The van der Waals surface area contributed by atoms with E-state index in [4.69, 9.17) is 17.3 Å². The molecule has 2 N–H and O–H groups in total. The van der Waals surface area contributed by atoms with Crippen LogP contribution < -0.4 is 5.73 Å². The van der Waals surface area contributed by atoms with E-state index in [1.807, 2.05) is 31.2 Å². The Bertz CT molecular complexity index is 494. The minimum Gasteiger partial charge on any atom is -0.324 e. The van der Waals surface area contributed by atoms with Crippen LogP contribution >= 0.6 is 11.6 Å². The topological polar surface area (TPSA) is 51.8 Å². The van der Waals surface area contributed by atoms with Gasteiger partial charge in [0.05, 0.1) is 12.2 Å². The molecule has 0 saturated heterocycles. The molecule has 1 aromatic heterocycles. The van der Waals surface area contributed by atoms with E-state index >= 15 is 0 Å². The number of hydrogen-bond acceptors (Lipinski definition) is 3. The summed E-state index contributed by atoms with van der Waals surface area (Å²) in [7, 11) is 0. The van der Waals surface area contributed by atoms with Crippen LogP contribution in [0.15, 0.2) is 30.5 Å². The van der Waals surface area contributed by atoms with Crippen LogP contribution in [0, 0.1) is 6.92 Å². The molecule has 0 saturated carbocycles. The smallest absolute Gasteiger partial charge is 0.142 e. The summed E-state index contributed by atoms with van der Waals surface area (Å²) in [6.45, 7) is 2.32. The van der Waals surface area contributed by atoms with Crippen molar-refractivity contribution in [2.75, 3.05) is 0 Å². The van der Waals surface area contributed by atoms with E-state index in [1.54, 1.807) is 6.20 Å². The first-order valence-electron chi connectivity index (χ1n) is 4.99. The van der Waals surface area contributed by atoms with E-state index in [-0.39, 0.29) is 0 Å². The maximum absolute atomic E-state index is 5.84. The van der Waals surface area contributed by atoms with Gasteiger partial charge in [-0.05, 0) is 24.6 Å². The van der Waals surface area contributed by atoms with Gasteiger partial charge in [-0.3, -0.25) is 0 Å². The van der Waals surface area contributed by atoms with Crippen LogP contribution in [0.5, 0.6) is 0 Å². The quantitative estimate of drug-likeness (QED) is 0.868. The summed E-state index contributed by atoms with van der Waals surface area (Å²) in [5.41, 5.74) is 8.49. The average molecular weight is 234 g/mol. The summed E-state index contributed by atoms with van der Waals surface area (Å²) >= 11 is 5.84. The van der Waals surface area contributed by atoms with Crippen molar-refractivity contribution in [1.82, 2.24) is 9.97 Å². The fourth-order valence-corrected chi connectivity index (χ4v) is 1.60. The number of benzene rings is 1. The lowest BCUT2D eigenvalue weighted by Gasteiger charge is -2.06. The Morgan fingerprint density at radius 1 is 1.25 bits per heavy atom. The van der Waals surface area contributed by atoms with Gasteiger partial charge in [0.1, 0.15) is 5.82 Å². The monoisotopic (exact) mass is 233 g/mol. The van der Waals surface area contributed by atoms with Crippen LogP contribution in [0.2, 0.25) is 5.02 Å². The third-order valence-corrected chi connectivity index (χ3v) is 2.57. The summed E-state index contributed by atoms with van der Waals surface area (Å²) in [4.78, 5) is 8.55. The average Bonchev–Trinajstić information content (AvgIpc) is 2.31. The zero-order valence-electron chi connectivity index (χ0n) is 8.94. The van der Waals surface area contributed by atoms with E-state index in [0.717, 1.165) is 21.8 Å². The third-order valence-electron chi connectivity index (χ3n) is 2.32. The fourth-order valence-electron chi connectivity index (χ4n) is 1.48. The van der Waals surface area contributed by atoms with Crippen molar-refractivity contribution in [2.24, 2.45) is 5.73 Å². The van der Waals surface area contributed by atoms with Crippen molar-refractivity contribution < 1.29 is 0 Å². The Kier molecular flexibility index (Phi) is 3.17. The Hall–Kier alpha value is -1.45. The van der Waals surface area contributed by atoms with Crippen LogP contribution in [0.25, 0.3) is 11.3 Å². The Morgan fingerprint density at radius 2 is 1.94 bits per heavy atom. The van der Waals surface area contributed by atoms with Crippen molar-refractivity contribution >= 4 is 11.6 Å². The molecule has 0 atom stereocenters. The first kappa shape index (κ1) is 11.0. The SMILES string of the molecule is Cc1cnc(CN)nc1-c1ccc(Cl)cc1. The molecule has 0 spiro atoms. The van der Waals surface area contributed by atoms with E-state index in [2.05, 4.69) is 9.97 Å². The summed E-state index contributed by atoms with van der Waals surface area (Å²) < 4.78 is 0. The molecule has 1 heterocycles. The van der Waals surface area contributed by atoms with Gasteiger partial charge in [-0.2, -0.15) is 0 Å². The van der Waals surface area contributed by atoms with Crippen molar-refractivity contribution in [2.45, 2.75) is 13.5 Å². The predicted molar refractivity (Wildman–Crippen MR) is 65.1 cm³/mol. The molecule has 2 rings (SSSR count). The van der Waals surface area contributed by atoms with Gasteiger partial charge in [-0.25, -0.2) is 9.97 Å². The molecule has 82 valence electrons. The number of halogens is 1. The van der Waals surface area contributed by atoms with Gasteiger partial charge in [-0.15, -0.1) is 0 Å². The Labute approximate surface area is 99.3 Å². The number of nitrogens with two attached hydrogens (primary N) is 1. The highest BCUT2D eigenvalue weighted by Crippen LogP contribution is 2.22. The maximum Gasteiger partial charge on any atom is 0.142 e. The zero-order chi connectivity index (χ0) is 11.5. The van der Waals surface area contributed by atoms with E-state index < -0.39 is 0 Å². The molecule has 16 heavy (non-hydrogen) atoms. The molecule has 0 aliphatic heterocycles. The number of aryl methyl sites for hydroxylation is 1. The molecule has 4 heteroatoms. The predicted octanol–water partition coefficient (Wildman–Crippen LogP) is 2.56. The first-order chi connectivity index (χ1) is 7.70. The second-order valence-electron chi connectivity index (χ2n) is 3.53. The molecule has 0 aliphatic rings. The van der Waals surface area contributed by atoms with Crippen molar-refractivity contribution in [3.63, 3.8) is 0 Å². The zero-order valence-corrected chi connectivity index (χ0v) is 9.70. The molecule has 2 aromatic rings. The maximum atomic E-state index is 5.84. The van der Waals surface area contributed by atoms with Crippen LogP contribution in [-0.2, 0) is 6.54 Å². The molecule has 0 aliphatic carbocycles. The summed E-state index contributed by atoms with van der Waals surface area (Å²) in [5.74, 6) is 0.649. The number of hydrogen-bond donors (Lipinski definition) is 1. The molecule has 0 bridgehead atoms. The summed E-state index contributed by atoms with van der Waals surface area (Å²) in [5, 5.41) is 0.717.